The van der Waals surface area contributed by atoms with Crippen LogP contribution in [0.2, 0.25) is 5.02 Å². The molecule has 0 bridgehead atoms. The van der Waals surface area contributed by atoms with Crippen LogP contribution >= 0.6 is 23.4 Å². The normalized spacial score (nSPS) is 13.4. The van der Waals surface area contributed by atoms with E-state index < -0.39 is 0 Å². The Labute approximate surface area is 135 Å². The Morgan fingerprint density at radius 3 is 2.67 bits per heavy atom. The minimum absolute atomic E-state index is 0.800. The predicted octanol–water partition coefficient (Wildman–Crippen LogP) is 3.88. The first kappa shape index (κ1) is 14.7. The summed E-state index contributed by atoms with van der Waals surface area (Å²) in [5.41, 5.74) is 3.99. The van der Waals surface area contributed by atoms with Gasteiger partial charge in [-0.15, -0.1) is 0 Å². The molecule has 0 atom stereocenters. The highest BCUT2D eigenvalue weighted by Crippen LogP contribution is 2.41. The maximum Gasteiger partial charge on any atom is 0.0808 e. The summed E-state index contributed by atoms with van der Waals surface area (Å²) in [4.78, 5) is 4.08. The molecule has 1 aliphatic rings. The molecule has 0 radical (unpaired) electrons. The molecule has 0 aromatic heterocycles. The van der Waals surface area contributed by atoms with Crippen LogP contribution in [0.15, 0.2) is 52.3 Å². The lowest BCUT2D eigenvalue weighted by Gasteiger charge is -2.12. The summed E-state index contributed by atoms with van der Waals surface area (Å²) in [7, 11) is 4.39. The Kier molecular flexibility index (Phi) is 4.39. The summed E-state index contributed by atoms with van der Waals surface area (Å²) in [6, 6.07) is 14.8. The van der Waals surface area contributed by atoms with Gasteiger partial charge in [0.05, 0.1) is 20.6 Å². The Bertz CT molecular complexity index is 691. The van der Waals surface area contributed by atoms with Crippen LogP contribution < -0.4 is 4.90 Å². The monoisotopic (exact) mass is 316 g/mol. The van der Waals surface area contributed by atoms with Crippen molar-refractivity contribution in [1.29, 1.82) is 0 Å². The Morgan fingerprint density at radius 2 is 1.86 bits per heavy atom. The van der Waals surface area contributed by atoms with Crippen molar-refractivity contribution in [2.24, 2.45) is 0 Å². The van der Waals surface area contributed by atoms with Crippen molar-refractivity contribution in [2.75, 3.05) is 20.6 Å². The first-order valence-corrected chi connectivity index (χ1v) is 8.39. The van der Waals surface area contributed by atoms with E-state index >= 15 is 0 Å². The van der Waals surface area contributed by atoms with Crippen LogP contribution in [0.25, 0.3) is 11.6 Å². The van der Waals surface area contributed by atoms with E-state index in [1.807, 2.05) is 17.8 Å². The number of quaternary nitrogens is 1. The molecule has 1 nitrogen and oxygen atoms in total. The van der Waals surface area contributed by atoms with Gasteiger partial charge in [-0.1, -0.05) is 41.6 Å². The second kappa shape index (κ2) is 6.27. The molecule has 2 aromatic rings. The molecule has 0 spiro atoms. The van der Waals surface area contributed by atoms with Gasteiger partial charge in [-0.25, -0.2) is 0 Å². The molecule has 1 heterocycles. The maximum absolute atomic E-state index is 6.17. The number of rotatable bonds is 3. The van der Waals surface area contributed by atoms with Crippen molar-refractivity contribution in [2.45, 2.75) is 16.2 Å². The fraction of sp³-hybridized carbons (Fsp3) is 0.222. The predicted molar refractivity (Wildman–Crippen MR) is 92.2 cm³/mol. The molecule has 2 aromatic carbocycles. The Morgan fingerprint density at radius 1 is 1.05 bits per heavy atom. The summed E-state index contributed by atoms with van der Waals surface area (Å²) in [5.74, 6) is 0. The van der Waals surface area contributed by atoms with Gasteiger partial charge in [-0.3, -0.25) is 0 Å². The third-order valence-corrected chi connectivity index (χ3v) is 5.05. The highest BCUT2D eigenvalue weighted by atomic mass is 35.5. The van der Waals surface area contributed by atoms with Gasteiger partial charge in [0.25, 0.3) is 0 Å². The number of halogens is 1. The zero-order valence-electron chi connectivity index (χ0n) is 12.3. The van der Waals surface area contributed by atoms with Gasteiger partial charge in [-0.2, -0.15) is 0 Å². The van der Waals surface area contributed by atoms with Crippen LogP contribution in [0.4, 0.5) is 0 Å². The van der Waals surface area contributed by atoms with Crippen LogP contribution in [0, 0.1) is 0 Å². The zero-order valence-corrected chi connectivity index (χ0v) is 13.9. The molecule has 1 N–H and O–H groups in total. The highest BCUT2D eigenvalue weighted by molar-refractivity contribution is 7.99. The third kappa shape index (κ3) is 3.34. The molecular weight excluding hydrogens is 298 g/mol. The Hall–Kier alpha value is -1.22. The second-order valence-corrected chi connectivity index (χ2v) is 7.18. The van der Waals surface area contributed by atoms with Crippen molar-refractivity contribution < 1.29 is 4.90 Å². The van der Waals surface area contributed by atoms with Gasteiger partial charge in [0, 0.05) is 21.2 Å². The fourth-order valence-corrected chi connectivity index (χ4v) is 3.77. The molecule has 0 amide bonds. The van der Waals surface area contributed by atoms with Gasteiger partial charge >= 0.3 is 0 Å². The van der Waals surface area contributed by atoms with Crippen molar-refractivity contribution in [1.82, 2.24) is 0 Å². The molecule has 0 unspecified atom stereocenters. The summed E-state index contributed by atoms with van der Waals surface area (Å²) >= 11 is 8.01. The van der Waals surface area contributed by atoms with Crippen molar-refractivity contribution in [3.05, 3.63) is 58.6 Å². The minimum atomic E-state index is 0.800. The first-order valence-electron chi connectivity index (χ1n) is 7.20. The molecule has 1 aliphatic heterocycles. The SMILES string of the molecule is C[NH+](C)CCC1=Cc2cc(Cl)ccc2Sc2ccccc21. The molecule has 0 fully saturated rings. The van der Waals surface area contributed by atoms with Crippen molar-refractivity contribution in [3.63, 3.8) is 0 Å². The van der Waals surface area contributed by atoms with Crippen LogP contribution in [0.5, 0.6) is 0 Å². The quantitative estimate of drug-likeness (QED) is 0.900. The van der Waals surface area contributed by atoms with E-state index in [0.717, 1.165) is 18.0 Å². The summed E-state index contributed by atoms with van der Waals surface area (Å²) < 4.78 is 0. The lowest BCUT2D eigenvalue weighted by Crippen LogP contribution is -3.05. The van der Waals surface area contributed by atoms with E-state index in [4.69, 9.17) is 11.6 Å². The summed E-state index contributed by atoms with van der Waals surface area (Å²) in [5, 5.41) is 0.800. The second-order valence-electron chi connectivity index (χ2n) is 5.66. The van der Waals surface area contributed by atoms with Crippen molar-refractivity contribution >= 4 is 35.0 Å². The number of nitrogens with one attached hydrogen (secondary N) is 1. The molecule has 108 valence electrons. The number of benzene rings is 2. The zero-order chi connectivity index (χ0) is 14.8. The average molecular weight is 317 g/mol. The molecule has 0 aliphatic carbocycles. The average Bonchev–Trinajstić information content (AvgIpc) is 2.61. The van der Waals surface area contributed by atoms with Crippen LogP contribution in [0.3, 0.4) is 0 Å². The van der Waals surface area contributed by atoms with Gasteiger partial charge in [-0.05, 0) is 47.0 Å². The van der Waals surface area contributed by atoms with E-state index in [1.54, 1.807) is 0 Å². The van der Waals surface area contributed by atoms with Gasteiger partial charge < -0.3 is 4.90 Å². The number of fused-ring (bicyclic) bond motifs is 2. The van der Waals surface area contributed by atoms with Crippen LogP contribution in [-0.4, -0.2) is 20.6 Å². The van der Waals surface area contributed by atoms with Gasteiger partial charge in [0.1, 0.15) is 0 Å². The first-order chi connectivity index (χ1) is 10.1. The van der Waals surface area contributed by atoms with E-state index in [2.05, 4.69) is 56.6 Å². The smallest absolute Gasteiger partial charge is 0.0808 e. The van der Waals surface area contributed by atoms with Crippen LogP contribution in [-0.2, 0) is 0 Å². The lowest BCUT2D eigenvalue weighted by atomic mass is 10.00. The molecule has 3 rings (SSSR count). The molecule has 3 heteroatoms. The number of hydrogen-bond acceptors (Lipinski definition) is 1. The summed E-state index contributed by atoms with van der Waals surface area (Å²) in [6.07, 6.45) is 3.38. The van der Waals surface area contributed by atoms with E-state index in [-0.39, 0.29) is 0 Å². The molecule has 0 saturated carbocycles. The maximum atomic E-state index is 6.17. The molecular formula is C18H19ClNS+. The lowest BCUT2D eigenvalue weighted by molar-refractivity contribution is -0.857. The Balaban J connectivity index is 2.09. The standard InChI is InChI=1S/C18H18ClNS/c1-20(2)10-9-13-11-14-12-15(19)7-8-17(14)21-18-6-4-3-5-16(13)18/h3-8,11-12H,9-10H2,1-2H3/p+1. The topological polar surface area (TPSA) is 4.44 Å². The molecule has 21 heavy (non-hydrogen) atoms. The van der Waals surface area contributed by atoms with E-state index in [9.17, 15) is 0 Å². The highest BCUT2D eigenvalue weighted by Gasteiger charge is 2.16. The third-order valence-electron chi connectivity index (χ3n) is 3.65. The van der Waals surface area contributed by atoms with Gasteiger partial charge in [0.2, 0.25) is 0 Å². The molecule has 0 saturated heterocycles. The van der Waals surface area contributed by atoms with E-state index in [0.29, 0.717) is 0 Å². The summed E-state index contributed by atoms with van der Waals surface area (Å²) in [6.45, 7) is 1.13. The van der Waals surface area contributed by atoms with E-state index in [1.165, 1.54) is 31.4 Å². The minimum Gasteiger partial charge on any atom is -0.340 e. The van der Waals surface area contributed by atoms with Crippen molar-refractivity contribution in [3.8, 4) is 0 Å². The number of hydrogen-bond donors (Lipinski definition) is 1. The fourth-order valence-electron chi connectivity index (χ4n) is 2.52. The largest absolute Gasteiger partial charge is 0.340 e. The van der Waals surface area contributed by atoms with Crippen LogP contribution in [0.1, 0.15) is 17.5 Å². The van der Waals surface area contributed by atoms with Gasteiger partial charge in [0.15, 0.2) is 0 Å².